The van der Waals surface area contributed by atoms with Gasteiger partial charge in [0, 0.05) is 29.3 Å². The number of halogens is 1. The lowest BCUT2D eigenvalue weighted by atomic mass is 9.96. The fraction of sp³-hybridized carbons (Fsp3) is 0.143. The molecule has 0 aromatic heterocycles. The Morgan fingerprint density at radius 1 is 1.00 bits per heavy atom. The Bertz CT molecular complexity index is 548. The summed E-state index contributed by atoms with van der Waals surface area (Å²) in [5.74, 6) is 0. The largest absolute Gasteiger partial charge is 0.344 e. The minimum Gasteiger partial charge on any atom is -0.344 e. The molecule has 0 radical (unpaired) electrons. The number of anilines is 2. The topological polar surface area (TPSA) is 3.24 Å². The van der Waals surface area contributed by atoms with Crippen LogP contribution in [0.4, 0.5) is 11.4 Å². The van der Waals surface area contributed by atoms with Gasteiger partial charge in [-0.25, -0.2) is 0 Å². The van der Waals surface area contributed by atoms with Crippen molar-refractivity contribution in [3.63, 3.8) is 0 Å². The molecule has 0 saturated heterocycles. The van der Waals surface area contributed by atoms with Crippen molar-refractivity contribution >= 4 is 27.3 Å². The molecule has 0 fully saturated rings. The van der Waals surface area contributed by atoms with Gasteiger partial charge >= 0.3 is 0 Å². The number of fused-ring (bicyclic) bond motifs is 2. The zero-order chi connectivity index (χ0) is 11.1. The van der Waals surface area contributed by atoms with Gasteiger partial charge in [0.25, 0.3) is 0 Å². The summed E-state index contributed by atoms with van der Waals surface area (Å²) >= 11 is 3.63. The molecule has 0 atom stereocenters. The van der Waals surface area contributed by atoms with E-state index < -0.39 is 0 Å². The van der Waals surface area contributed by atoms with Crippen molar-refractivity contribution in [2.75, 3.05) is 11.9 Å². The van der Waals surface area contributed by atoms with Crippen molar-refractivity contribution in [1.29, 1.82) is 0 Å². The highest BCUT2D eigenvalue weighted by atomic mass is 79.9. The number of hydrogen-bond donors (Lipinski definition) is 0. The molecule has 80 valence electrons. The Morgan fingerprint density at radius 2 is 1.75 bits per heavy atom. The number of hydrogen-bond acceptors (Lipinski definition) is 1. The Morgan fingerprint density at radius 3 is 2.62 bits per heavy atom. The summed E-state index contributed by atoms with van der Waals surface area (Å²) in [6.07, 6.45) is 1.01. The monoisotopic (exact) mass is 273 g/mol. The molecule has 1 heterocycles. The van der Waals surface area contributed by atoms with Crippen molar-refractivity contribution in [2.24, 2.45) is 0 Å². The first kappa shape index (κ1) is 9.91. The maximum absolute atomic E-state index is 3.63. The third kappa shape index (κ3) is 1.37. The normalized spacial score (nSPS) is 13.2. The highest BCUT2D eigenvalue weighted by Crippen LogP contribution is 2.40. The van der Waals surface area contributed by atoms with E-state index in [-0.39, 0.29) is 0 Å². The summed E-state index contributed by atoms with van der Waals surface area (Å²) in [6.45, 7) is 0. The summed E-state index contributed by atoms with van der Waals surface area (Å²) in [4.78, 5) is 2.26. The third-order valence-corrected chi connectivity index (χ3v) is 3.92. The Hall–Kier alpha value is -1.28. The second-order valence-electron chi connectivity index (χ2n) is 4.10. The maximum atomic E-state index is 3.63. The molecule has 0 aliphatic carbocycles. The molecule has 0 unspecified atom stereocenters. The van der Waals surface area contributed by atoms with Crippen LogP contribution in [-0.2, 0) is 6.42 Å². The minimum atomic E-state index is 1.01. The van der Waals surface area contributed by atoms with Crippen LogP contribution >= 0.6 is 15.9 Å². The van der Waals surface area contributed by atoms with Crippen molar-refractivity contribution in [2.45, 2.75) is 6.42 Å². The molecule has 0 amide bonds. The third-order valence-electron chi connectivity index (χ3n) is 3.18. The van der Waals surface area contributed by atoms with Crippen molar-refractivity contribution in [3.05, 3.63) is 58.1 Å². The summed E-state index contributed by atoms with van der Waals surface area (Å²) in [7, 11) is 2.13. The van der Waals surface area contributed by atoms with Gasteiger partial charge in [0.05, 0.1) is 0 Å². The lowest BCUT2D eigenvalue weighted by Gasteiger charge is -2.30. The van der Waals surface area contributed by atoms with Crippen LogP contribution in [0.5, 0.6) is 0 Å². The molecule has 2 heteroatoms. The SMILES string of the molecule is CN1c2ccccc2Cc2c(Br)cccc21. The first-order valence-electron chi connectivity index (χ1n) is 5.36. The number of nitrogens with zero attached hydrogens (tertiary/aromatic N) is 1. The molecule has 0 spiro atoms. The number of rotatable bonds is 0. The lowest BCUT2D eigenvalue weighted by molar-refractivity contribution is 1.05. The molecule has 1 nitrogen and oxygen atoms in total. The van der Waals surface area contributed by atoms with Gasteiger partial charge in [0.15, 0.2) is 0 Å². The molecule has 0 saturated carbocycles. The van der Waals surface area contributed by atoms with E-state index in [9.17, 15) is 0 Å². The molecule has 0 bridgehead atoms. The summed E-state index contributed by atoms with van der Waals surface area (Å²) in [6, 6.07) is 15.0. The molecule has 0 N–H and O–H groups in total. The zero-order valence-electron chi connectivity index (χ0n) is 9.07. The molecular formula is C14H12BrN. The van der Waals surface area contributed by atoms with E-state index in [2.05, 4.69) is 70.3 Å². The fourth-order valence-corrected chi connectivity index (χ4v) is 2.84. The zero-order valence-corrected chi connectivity index (χ0v) is 10.7. The summed E-state index contributed by atoms with van der Waals surface area (Å²) in [5.41, 5.74) is 5.38. The number of benzene rings is 2. The minimum absolute atomic E-state index is 1.01. The van der Waals surface area contributed by atoms with Gasteiger partial charge in [-0.1, -0.05) is 40.2 Å². The average Bonchev–Trinajstić information content (AvgIpc) is 2.31. The van der Waals surface area contributed by atoms with Crippen LogP contribution in [0.1, 0.15) is 11.1 Å². The average molecular weight is 274 g/mol. The van der Waals surface area contributed by atoms with E-state index in [1.54, 1.807) is 0 Å². The quantitative estimate of drug-likeness (QED) is 0.698. The fourth-order valence-electron chi connectivity index (χ4n) is 2.34. The molecule has 2 aromatic rings. The molecule has 2 aromatic carbocycles. The van der Waals surface area contributed by atoms with Crippen molar-refractivity contribution < 1.29 is 0 Å². The van der Waals surface area contributed by atoms with Crippen LogP contribution in [0.25, 0.3) is 0 Å². The van der Waals surface area contributed by atoms with Gasteiger partial charge in [-0.3, -0.25) is 0 Å². The Kier molecular flexibility index (Phi) is 2.25. The molecule has 1 aliphatic rings. The highest BCUT2D eigenvalue weighted by Gasteiger charge is 2.20. The van der Waals surface area contributed by atoms with Crippen LogP contribution in [0.2, 0.25) is 0 Å². The van der Waals surface area contributed by atoms with Crippen LogP contribution < -0.4 is 4.90 Å². The standard InChI is InChI=1S/C14H12BrN/c1-16-13-7-3-2-5-10(13)9-11-12(15)6-4-8-14(11)16/h2-8H,9H2,1H3. The second kappa shape index (κ2) is 3.63. The van der Waals surface area contributed by atoms with E-state index in [1.165, 1.54) is 27.0 Å². The van der Waals surface area contributed by atoms with E-state index in [4.69, 9.17) is 0 Å². The lowest BCUT2D eigenvalue weighted by Crippen LogP contribution is -2.18. The first-order chi connectivity index (χ1) is 7.77. The first-order valence-corrected chi connectivity index (χ1v) is 6.15. The predicted molar refractivity (Wildman–Crippen MR) is 71.5 cm³/mol. The Labute approximate surface area is 104 Å². The number of para-hydroxylation sites is 1. The van der Waals surface area contributed by atoms with Crippen LogP contribution in [-0.4, -0.2) is 7.05 Å². The van der Waals surface area contributed by atoms with E-state index >= 15 is 0 Å². The van der Waals surface area contributed by atoms with Gasteiger partial charge < -0.3 is 4.90 Å². The van der Waals surface area contributed by atoms with Gasteiger partial charge in [-0.05, 0) is 29.3 Å². The molecule has 1 aliphatic heterocycles. The van der Waals surface area contributed by atoms with E-state index in [1.807, 2.05) is 0 Å². The Balaban J connectivity index is 2.22. The summed E-state index contributed by atoms with van der Waals surface area (Å²) in [5, 5.41) is 0. The van der Waals surface area contributed by atoms with Crippen LogP contribution in [0, 0.1) is 0 Å². The van der Waals surface area contributed by atoms with Gasteiger partial charge in [0.2, 0.25) is 0 Å². The second-order valence-corrected chi connectivity index (χ2v) is 4.96. The van der Waals surface area contributed by atoms with Gasteiger partial charge in [-0.2, -0.15) is 0 Å². The van der Waals surface area contributed by atoms with E-state index in [0.29, 0.717) is 0 Å². The van der Waals surface area contributed by atoms with Crippen LogP contribution in [0.3, 0.4) is 0 Å². The molecule has 3 rings (SSSR count). The predicted octanol–water partition coefficient (Wildman–Crippen LogP) is 4.12. The van der Waals surface area contributed by atoms with Crippen molar-refractivity contribution in [1.82, 2.24) is 0 Å². The summed E-state index contributed by atoms with van der Waals surface area (Å²) < 4.78 is 1.20. The smallest absolute Gasteiger partial charge is 0.0455 e. The van der Waals surface area contributed by atoms with Gasteiger partial charge in [0.1, 0.15) is 0 Å². The van der Waals surface area contributed by atoms with Gasteiger partial charge in [-0.15, -0.1) is 0 Å². The molecule has 16 heavy (non-hydrogen) atoms. The molecular weight excluding hydrogens is 262 g/mol. The highest BCUT2D eigenvalue weighted by molar-refractivity contribution is 9.10. The van der Waals surface area contributed by atoms with E-state index in [0.717, 1.165) is 6.42 Å². The van der Waals surface area contributed by atoms with Crippen LogP contribution in [0.15, 0.2) is 46.9 Å². The maximum Gasteiger partial charge on any atom is 0.0455 e. The van der Waals surface area contributed by atoms with Crippen molar-refractivity contribution in [3.8, 4) is 0 Å².